The van der Waals surface area contributed by atoms with Crippen LogP contribution in [0.4, 0.5) is 17.6 Å². The van der Waals surface area contributed by atoms with E-state index >= 15 is 0 Å². The number of nitrogens with one attached hydrogen (secondary N) is 2. The molecule has 0 saturated heterocycles. The van der Waals surface area contributed by atoms with Gasteiger partial charge in [-0.2, -0.15) is 13.2 Å². The molecular formula is C18H22F4N2. The SMILES string of the molecule is C=C(C)c1ccc(CC2=C(NC)CC(NC(F)(F)F)CC2)c(F)c1. The largest absolute Gasteiger partial charge is 0.457 e. The molecule has 0 aliphatic heterocycles. The van der Waals surface area contributed by atoms with Crippen LogP contribution in [0.3, 0.4) is 0 Å². The van der Waals surface area contributed by atoms with Crippen LogP contribution in [-0.4, -0.2) is 19.4 Å². The van der Waals surface area contributed by atoms with Crippen molar-refractivity contribution in [3.63, 3.8) is 0 Å². The van der Waals surface area contributed by atoms with Gasteiger partial charge in [0, 0.05) is 25.2 Å². The molecule has 0 fully saturated rings. The molecule has 0 heterocycles. The maximum Gasteiger partial charge on any atom is 0.457 e. The monoisotopic (exact) mass is 342 g/mol. The minimum Gasteiger partial charge on any atom is -0.391 e. The molecule has 0 aromatic heterocycles. The summed E-state index contributed by atoms with van der Waals surface area (Å²) in [6.45, 7) is 5.60. The van der Waals surface area contributed by atoms with E-state index in [4.69, 9.17) is 0 Å². The Morgan fingerprint density at radius 1 is 1.33 bits per heavy atom. The number of rotatable bonds is 5. The molecular weight excluding hydrogens is 320 g/mol. The predicted molar refractivity (Wildman–Crippen MR) is 87.7 cm³/mol. The fraction of sp³-hybridized carbons (Fsp3) is 0.444. The lowest BCUT2D eigenvalue weighted by Crippen LogP contribution is -2.43. The average molecular weight is 342 g/mol. The summed E-state index contributed by atoms with van der Waals surface area (Å²) >= 11 is 0. The first kappa shape index (κ1) is 18.5. The standard InChI is InChI=1S/C18H22F4N2/c1-11(2)12-4-5-13(16(19)9-12)8-14-6-7-15(10-17(14)23-3)24-18(20,21)22/h4-5,9,15,23-24H,1,6-8,10H2,2-3H3. The molecule has 1 aromatic rings. The van der Waals surface area contributed by atoms with Gasteiger partial charge < -0.3 is 5.32 Å². The Hall–Kier alpha value is -1.82. The van der Waals surface area contributed by atoms with Crippen molar-refractivity contribution in [1.29, 1.82) is 0 Å². The Bertz CT molecular complexity index is 647. The van der Waals surface area contributed by atoms with Gasteiger partial charge in [-0.1, -0.05) is 24.3 Å². The van der Waals surface area contributed by atoms with Gasteiger partial charge in [-0.05, 0) is 49.0 Å². The fourth-order valence-electron chi connectivity index (χ4n) is 3.01. The lowest BCUT2D eigenvalue weighted by atomic mass is 9.88. The first-order chi connectivity index (χ1) is 11.2. The lowest BCUT2D eigenvalue weighted by Gasteiger charge is -2.29. The van der Waals surface area contributed by atoms with Crippen molar-refractivity contribution < 1.29 is 17.6 Å². The zero-order valence-corrected chi connectivity index (χ0v) is 13.9. The highest BCUT2D eigenvalue weighted by atomic mass is 19.4. The van der Waals surface area contributed by atoms with E-state index < -0.39 is 12.3 Å². The highest BCUT2D eigenvalue weighted by Crippen LogP contribution is 2.29. The molecule has 132 valence electrons. The van der Waals surface area contributed by atoms with Crippen LogP contribution in [0.1, 0.15) is 37.3 Å². The zero-order chi connectivity index (χ0) is 17.9. The molecule has 6 heteroatoms. The van der Waals surface area contributed by atoms with Crippen LogP contribution in [0.15, 0.2) is 36.0 Å². The van der Waals surface area contributed by atoms with Crippen LogP contribution in [-0.2, 0) is 6.42 Å². The van der Waals surface area contributed by atoms with Crippen LogP contribution < -0.4 is 10.6 Å². The molecule has 1 aliphatic carbocycles. The number of halogens is 4. The van der Waals surface area contributed by atoms with Crippen molar-refractivity contribution in [2.45, 2.75) is 44.9 Å². The third-order valence-corrected chi connectivity index (χ3v) is 4.29. The second-order valence-electron chi connectivity index (χ2n) is 6.18. The normalized spacial score (nSPS) is 18.7. The summed E-state index contributed by atoms with van der Waals surface area (Å²) in [5.41, 5.74) is 3.79. The smallest absolute Gasteiger partial charge is 0.391 e. The van der Waals surface area contributed by atoms with E-state index in [1.165, 1.54) is 6.07 Å². The molecule has 2 N–H and O–H groups in total. The van der Waals surface area contributed by atoms with Crippen LogP contribution >= 0.6 is 0 Å². The van der Waals surface area contributed by atoms with Gasteiger partial charge in [0.25, 0.3) is 0 Å². The number of alkyl halides is 3. The van der Waals surface area contributed by atoms with Crippen LogP contribution in [0.25, 0.3) is 5.57 Å². The molecule has 24 heavy (non-hydrogen) atoms. The van der Waals surface area contributed by atoms with E-state index in [1.807, 2.05) is 13.0 Å². The van der Waals surface area contributed by atoms with Crippen LogP contribution in [0.2, 0.25) is 0 Å². The van der Waals surface area contributed by atoms with E-state index in [2.05, 4.69) is 11.9 Å². The molecule has 0 amide bonds. The van der Waals surface area contributed by atoms with E-state index in [1.54, 1.807) is 18.4 Å². The van der Waals surface area contributed by atoms with Crippen molar-refractivity contribution in [3.8, 4) is 0 Å². The van der Waals surface area contributed by atoms with Crippen molar-refractivity contribution >= 4 is 5.57 Å². The molecule has 1 aromatic carbocycles. The van der Waals surface area contributed by atoms with Crippen molar-refractivity contribution in [2.75, 3.05) is 7.05 Å². The lowest BCUT2D eigenvalue weighted by molar-refractivity contribution is -0.164. The number of allylic oxidation sites excluding steroid dienone is 2. The van der Waals surface area contributed by atoms with Gasteiger partial charge in [-0.15, -0.1) is 0 Å². The van der Waals surface area contributed by atoms with Crippen molar-refractivity contribution in [2.24, 2.45) is 0 Å². The molecule has 1 aliphatic rings. The highest BCUT2D eigenvalue weighted by Gasteiger charge is 2.33. The Balaban J connectivity index is 2.15. The van der Waals surface area contributed by atoms with E-state index in [0.29, 0.717) is 24.8 Å². The first-order valence-corrected chi connectivity index (χ1v) is 7.87. The van der Waals surface area contributed by atoms with Gasteiger partial charge in [0.1, 0.15) is 5.82 Å². The molecule has 0 saturated carbocycles. The second kappa shape index (κ2) is 7.38. The first-order valence-electron chi connectivity index (χ1n) is 7.87. The molecule has 0 bridgehead atoms. The van der Waals surface area contributed by atoms with E-state index in [0.717, 1.165) is 22.4 Å². The minimum atomic E-state index is -4.38. The highest BCUT2D eigenvalue weighted by molar-refractivity contribution is 5.61. The Kier molecular flexibility index (Phi) is 5.70. The van der Waals surface area contributed by atoms with E-state index in [-0.39, 0.29) is 12.2 Å². The van der Waals surface area contributed by atoms with Crippen LogP contribution in [0.5, 0.6) is 0 Å². The summed E-state index contributed by atoms with van der Waals surface area (Å²) in [7, 11) is 1.69. The molecule has 0 radical (unpaired) electrons. The van der Waals surface area contributed by atoms with Gasteiger partial charge in [-0.25, -0.2) is 9.71 Å². The topological polar surface area (TPSA) is 24.1 Å². The third-order valence-electron chi connectivity index (χ3n) is 4.29. The van der Waals surface area contributed by atoms with Gasteiger partial charge in [-0.3, -0.25) is 0 Å². The Morgan fingerprint density at radius 3 is 2.58 bits per heavy atom. The summed E-state index contributed by atoms with van der Waals surface area (Å²) in [6.07, 6.45) is -2.84. The molecule has 2 rings (SSSR count). The van der Waals surface area contributed by atoms with E-state index in [9.17, 15) is 17.6 Å². The third kappa shape index (κ3) is 4.84. The van der Waals surface area contributed by atoms with Gasteiger partial charge >= 0.3 is 6.30 Å². The summed E-state index contributed by atoms with van der Waals surface area (Å²) in [6, 6.07) is 4.34. The molecule has 2 nitrogen and oxygen atoms in total. The Morgan fingerprint density at radius 2 is 2.04 bits per heavy atom. The van der Waals surface area contributed by atoms with Crippen LogP contribution in [0, 0.1) is 5.82 Å². The number of hydrogen-bond donors (Lipinski definition) is 2. The summed E-state index contributed by atoms with van der Waals surface area (Å²) in [5.74, 6) is -0.311. The van der Waals surface area contributed by atoms with Gasteiger partial charge in [0.2, 0.25) is 0 Å². The quantitative estimate of drug-likeness (QED) is 0.606. The summed E-state index contributed by atoms with van der Waals surface area (Å²) in [4.78, 5) is 0. The van der Waals surface area contributed by atoms with Crippen molar-refractivity contribution in [1.82, 2.24) is 10.6 Å². The maximum absolute atomic E-state index is 14.3. The second-order valence-corrected chi connectivity index (χ2v) is 6.18. The summed E-state index contributed by atoms with van der Waals surface area (Å²) < 4.78 is 51.7. The molecule has 1 unspecified atom stereocenters. The average Bonchev–Trinajstić information content (AvgIpc) is 2.48. The van der Waals surface area contributed by atoms with Crippen molar-refractivity contribution in [3.05, 3.63) is 53.0 Å². The van der Waals surface area contributed by atoms with Gasteiger partial charge in [0.15, 0.2) is 0 Å². The number of hydrogen-bond acceptors (Lipinski definition) is 2. The minimum absolute atomic E-state index is 0.261. The zero-order valence-electron chi connectivity index (χ0n) is 13.9. The molecule has 1 atom stereocenters. The fourth-order valence-corrected chi connectivity index (χ4v) is 3.01. The Labute approximate surface area is 139 Å². The van der Waals surface area contributed by atoms with Gasteiger partial charge in [0.05, 0.1) is 0 Å². The number of benzene rings is 1. The maximum atomic E-state index is 14.3. The summed E-state index contributed by atoms with van der Waals surface area (Å²) in [5, 5.41) is 4.65. The predicted octanol–water partition coefficient (Wildman–Crippen LogP) is 4.54. The molecule has 0 spiro atoms.